The van der Waals surface area contributed by atoms with Crippen molar-refractivity contribution < 1.29 is 4.79 Å². The molecule has 4 heteroatoms. The van der Waals surface area contributed by atoms with E-state index in [0.717, 1.165) is 31.5 Å². The van der Waals surface area contributed by atoms with E-state index in [-0.39, 0.29) is 11.9 Å². The van der Waals surface area contributed by atoms with Gasteiger partial charge in [0.25, 0.3) is 5.91 Å². The third-order valence-corrected chi connectivity index (χ3v) is 3.44. The number of anilines is 1. The molecule has 4 nitrogen and oxygen atoms in total. The molecular weight excluding hydrogens is 238 g/mol. The molecule has 1 unspecified atom stereocenters. The van der Waals surface area contributed by atoms with E-state index >= 15 is 0 Å². The van der Waals surface area contributed by atoms with Crippen molar-refractivity contribution in [3.05, 3.63) is 23.5 Å². The summed E-state index contributed by atoms with van der Waals surface area (Å²) < 4.78 is 0. The largest absolute Gasteiger partial charge is 0.398 e. The summed E-state index contributed by atoms with van der Waals surface area (Å²) >= 11 is 0. The first-order valence-electron chi connectivity index (χ1n) is 7.04. The first-order chi connectivity index (χ1) is 9.01. The predicted molar refractivity (Wildman–Crippen MR) is 79.1 cm³/mol. The second kappa shape index (κ2) is 7.12. The Morgan fingerprint density at radius 1 is 1.47 bits per heavy atom. The number of aryl methyl sites for hydroxylation is 1. The van der Waals surface area contributed by atoms with Crippen LogP contribution in [0.1, 0.15) is 56.1 Å². The summed E-state index contributed by atoms with van der Waals surface area (Å²) in [5.74, 6) is -0.00667. The number of unbranched alkanes of at least 4 members (excludes halogenated alkanes) is 1. The molecule has 106 valence electrons. The number of rotatable bonds is 6. The average molecular weight is 263 g/mol. The molecule has 0 spiro atoms. The maximum absolute atomic E-state index is 12.6. The van der Waals surface area contributed by atoms with E-state index in [2.05, 4.69) is 25.8 Å². The molecular formula is C15H25N3O. The van der Waals surface area contributed by atoms with Crippen LogP contribution >= 0.6 is 0 Å². The van der Waals surface area contributed by atoms with Gasteiger partial charge < -0.3 is 10.6 Å². The Kier molecular flexibility index (Phi) is 5.80. The van der Waals surface area contributed by atoms with E-state index in [1.54, 1.807) is 12.3 Å². The zero-order chi connectivity index (χ0) is 14.4. The van der Waals surface area contributed by atoms with Gasteiger partial charge in [-0.15, -0.1) is 0 Å². The van der Waals surface area contributed by atoms with E-state index in [0.29, 0.717) is 11.3 Å². The molecule has 1 heterocycles. The van der Waals surface area contributed by atoms with Crippen molar-refractivity contribution in [3.63, 3.8) is 0 Å². The van der Waals surface area contributed by atoms with Crippen LogP contribution in [0.3, 0.4) is 0 Å². The second-order valence-electron chi connectivity index (χ2n) is 5.02. The molecule has 0 saturated carbocycles. The Morgan fingerprint density at radius 2 is 2.16 bits per heavy atom. The van der Waals surface area contributed by atoms with Gasteiger partial charge in [0, 0.05) is 30.2 Å². The number of nitrogens with two attached hydrogens (primary N) is 1. The van der Waals surface area contributed by atoms with Crippen LogP contribution < -0.4 is 5.73 Å². The molecule has 0 aliphatic carbocycles. The molecule has 1 aromatic heterocycles. The van der Waals surface area contributed by atoms with Crippen LogP contribution in [0.25, 0.3) is 0 Å². The lowest BCUT2D eigenvalue weighted by atomic mass is 10.1. The molecule has 0 aliphatic heterocycles. The van der Waals surface area contributed by atoms with Gasteiger partial charge in [0.1, 0.15) is 0 Å². The van der Waals surface area contributed by atoms with Crippen molar-refractivity contribution in [1.29, 1.82) is 0 Å². The van der Waals surface area contributed by atoms with E-state index in [4.69, 9.17) is 5.73 Å². The monoisotopic (exact) mass is 263 g/mol. The van der Waals surface area contributed by atoms with Gasteiger partial charge in [0.2, 0.25) is 0 Å². The van der Waals surface area contributed by atoms with Gasteiger partial charge in [0.05, 0.1) is 5.56 Å². The molecule has 1 atom stereocenters. The lowest BCUT2D eigenvalue weighted by Crippen LogP contribution is -2.39. The standard InChI is InChI=1S/C15H25N3O/c1-5-7-8-18(12(4)6-2)15(19)13-10-17-11(3)9-14(13)16/h9-10,12H,5-8H2,1-4H3,(H2,16,17). The molecule has 0 fully saturated rings. The summed E-state index contributed by atoms with van der Waals surface area (Å²) in [4.78, 5) is 18.7. The number of aromatic nitrogens is 1. The number of nitrogen functional groups attached to an aromatic ring is 1. The molecule has 0 bridgehead atoms. The topological polar surface area (TPSA) is 59.2 Å². The first kappa shape index (κ1) is 15.5. The van der Waals surface area contributed by atoms with Crippen molar-refractivity contribution >= 4 is 11.6 Å². The minimum Gasteiger partial charge on any atom is -0.398 e. The zero-order valence-electron chi connectivity index (χ0n) is 12.4. The van der Waals surface area contributed by atoms with E-state index in [9.17, 15) is 4.79 Å². The highest BCUT2D eigenvalue weighted by molar-refractivity contribution is 5.99. The SMILES string of the molecule is CCCCN(C(=O)c1cnc(C)cc1N)C(C)CC. The number of carbonyl (C=O) groups excluding carboxylic acids is 1. The van der Waals surface area contributed by atoms with Crippen molar-refractivity contribution in [1.82, 2.24) is 9.88 Å². The lowest BCUT2D eigenvalue weighted by Gasteiger charge is -2.29. The van der Waals surface area contributed by atoms with Crippen LogP contribution in [0, 0.1) is 6.92 Å². The van der Waals surface area contributed by atoms with Gasteiger partial charge in [-0.05, 0) is 32.8 Å². The van der Waals surface area contributed by atoms with Crippen LogP contribution in [0.4, 0.5) is 5.69 Å². The number of pyridine rings is 1. The van der Waals surface area contributed by atoms with Crippen LogP contribution in [0.15, 0.2) is 12.3 Å². The van der Waals surface area contributed by atoms with Crippen LogP contribution in [0.2, 0.25) is 0 Å². The number of amides is 1. The molecule has 0 aliphatic rings. The van der Waals surface area contributed by atoms with Gasteiger partial charge in [-0.25, -0.2) is 0 Å². The fourth-order valence-electron chi connectivity index (χ4n) is 1.99. The Bertz CT molecular complexity index is 431. The Morgan fingerprint density at radius 3 is 2.68 bits per heavy atom. The Labute approximate surface area is 116 Å². The summed E-state index contributed by atoms with van der Waals surface area (Å²) in [6, 6.07) is 1.97. The number of hydrogen-bond acceptors (Lipinski definition) is 3. The molecule has 2 N–H and O–H groups in total. The molecule has 1 amide bonds. The molecule has 1 aromatic rings. The Balaban J connectivity index is 2.97. The van der Waals surface area contributed by atoms with Crippen LogP contribution in [0.5, 0.6) is 0 Å². The fraction of sp³-hybridized carbons (Fsp3) is 0.600. The average Bonchev–Trinajstić information content (AvgIpc) is 2.38. The van der Waals surface area contributed by atoms with E-state index in [1.807, 2.05) is 11.8 Å². The third kappa shape index (κ3) is 3.94. The third-order valence-electron chi connectivity index (χ3n) is 3.44. The summed E-state index contributed by atoms with van der Waals surface area (Å²) in [6.07, 6.45) is 4.61. The minimum atomic E-state index is -0.00667. The summed E-state index contributed by atoms with van der Waals surface area (Å²) in [7, 11) is 0. The fourth-order valence-corrected chi connectivity index (χ4v) is 1.99. The summed E-state index contributed by atoms with van der Waals surface area (Å²) in [5.41, 5.74) is 7.81. The highest BCUT2D eigenvalue weighted by atomic mass is 16.2. The van der Waals surface area contributed by atoms with Crippen molar-refractivity contribution in [2.45, 2.75) is 53.0 Å². The van der Waals surface area contributed by atoms with E-state index in [1.165, 1.54) is 0 Å². The Hall–Kier alpha value is -1.58. The smallest absolute Gasteiger partial charge is 0.257 e. The minimum absolute atomic E-state index is 0.00667. The normalized spacial score (nSPS) is 12.2. The second-order valence-corrected chi connectivity index (χ2v) is 5.02. The number of carbonyl (C=O) groups is 1. The van der Waals surface area contributed by atoms with Crippen molar-refractivity contribution in [2.75, 3.05) is 12.3 Å². The van der Waals surface area contributed by atoms with E-state index < -0.39 is 0 Å². The first-order valence-corrected chi connectivity index (χ1v) is 7.04. The van der Waals surface area contributed by atoms with Gasteiger partial charge in [0.15, 0.2) is 0 Å². The van der Waals surface area contributed by atoms with Crippen LogP contribution in [-0.4, -0.2) is 28.4 Å². The maximum atomic E-state index is 12.6. The maximum Gasteiger partial charge on any atom is 0.257 e. The van der Waals surface area contributed by atoms with Crippen molar-refractivity contribution in [2.24, 2.45) is 0 Å². The van der Waals surface area contributed by atoms with Crippen molar-refractivity contribution in [3.8, 4) is 0 Å². The summed E-state index contributed by atoms with van der Waals surface area (Å²) in [6.45, 7) is 8.94. The van der Waals surface area contributed by atoms with Crippen LogP contribution in [-0.2, 0) is 0 Å². The predicted octanol–water partition coefficient (Wildman–Crippen LogP) is 3.01. The molecule has 0 radical (unpaired) electrons. The molecule has 0 aromatic carbocycles. The number of nitrogens with zero attached hydrogens (tertiary/aromatic N) is 2. The highest BCUT2D eigenvalue weighted by Gasteiger charge is 2.21. The number of hydrogen-bond donors (Lipinski definition) is 1. The summed E-state index contributed by atoms with van der Waals surface area (Å²) in [5, 5.41) is 0. The highest BCUT2D eigenvalue weighted by Crippen LogP contribution is 2.17. The zero-order valence-corrected chi connectivity index (χ0v) is 12.4. The van der Waals surface area contributed by atoms with Gasteiger partial charge in [-0.3, -0.25) is 9.78 Å². The molecule has 0 saturated heterocycles. The van der Waals surface area contributed by atoms with Gasteiger partial charge >= 0.3 is 0 Å². The van der Waals surface area contributed by atoms with Gasteiger partial charge in [-0.1, -0.05) is 20.3 Å². The van der Waals surface area contributed by atoms with Gasteiger partial charge in [-0.2, -0.15) is 0 Å². The quantitative estimate of drug-likeness (QED) is 0.858. The lowest BCUT2D eigenvalue weighted by molar-refractivity contribution is 0.0686. The molecule has 19 heavy (non-hydrogen) atoms. The molecule has 1 rings (SSSR count).